The first-order valence-corrected chi connectivity index (χ1v) is 7.54. The smallest absolute Gasteiger partial charge is 0.317 e. The summed E-state index contributed by atoms with van der Waals surface area (Å²) in [6.07, 6.45) is 1.95. The fourth-order valence-corrected chi connectivity index (χ4v) is 3.11. The number of hydrogen-bond donors (Lipinski definition) is 4. The van der Waals surface area contributed by atoms with Gasteiger partial charge in [-0.15, -0.1) is 0 Å². The minimum absolute atomic E-state index is 0.232. The van der Waals surface area contributed by atoms with Crippen LogP contribution in [0.2, 0.25) is 0 Å². The van der Waals surface area contributed by atoms with E-state index in [1.165, 1.54) is 9.80 Å². The van der Waals surface area contributed by atoms with E-state index in [4.69, 9.17) is 20.4 Å². The predicted molar refractivity (Wildman–Crippen MR) is 79.7 cm³/mol. The lowest BCUT2D eigenvalue weighted by Crippen LogP contribution is -2.49. The van der Waals surface area contributed by atoms with Gasteiger partial charge < -0.3 is 20.4 Å². The molecule has 10 nitrogen and oxygen atoms in total. The van der Waals surface area contributed by atoms with Gasteiger partial charge in [-0.05, 0) is 25.7 Å². The zero-order valence-electron chi connectivity index (χ0n) is 13.1. The maximum atomic E-state index is 10.9. The quantitative estimate of drug-likeness (QED) is 0.396. The summed E-state index contributed by atoms with van der Waals surface area (Å²) in [5.74, 6) is -4.46. The molecule has 4 N–H and O–H groups in total. The van der Waals surface area contributed by atoms with Crippen molar-refractivity contribution in [2.75, 3.05) is 26.2 Å². The second-order valence-corrected chi connectivity index (χ2v) is 5.85. The fraction of sp³-hybridized carbons (Fsp3) is 0.714. The number of carboxylic acid groups (broad SMARTS) is 4. The normalized spacial score (nSPS) is 20.9. The third-order valence-electron chi connectivity index (χ3n) is 4.05. The van der Waals surface area contributed by atoms with Gasteiger partial charge in [0, 0.05) is 12.1 Å². The maximum absolute atomic E-state index is 10.9. The first kappa shape index (κ1) is 19.8. The molecule has 1 aliphatic carbocycles. The summed E-state index contributed by atoms with van der Waals surface area (Å²) >= 11 is 0. The van der Waals surface area contributed by atoms with E-state index in [0.29, 0.717) is 25.7 Å². The number of carboxylic acids is 4. The topological polar surface area (TPSA) is 156 Å². The van der Waals surface area contributed by atoms with Gasteiger partial charge in [0.05, 0.1) is 26.2 Å². The molecule has 10 heteroatoms. The average molecular weight is 346 g/mol. The molecule has 1 rings (SSSR count). The van der Waals surface area contributed by atoms with Crippen molar-refractivity contribution in [3.8, 4) is 0 Å². The van der Waals surface area contributed by atoms with Gasteiger partial charge in [0.15, 0.2) is 0 Å². The Morgan fingerprint density at radius 2 is 0.792 bits per heavy atom. The second-order valence-electron chi connectivity index (χ2n) is 5.85. The molecule has 0 aromatic carbocycles. The lowest BCUT2D eigenvalue weighted by molar-refractivity contribution is -0.146. The van der Waals surface area contributed by atoms with Crippen LogP contribution in [0.25, 0.3) is 0 Å². The maximum Gasteiger partial charge on any atom is 0.317 e. The standard InChI is InChI=1S/C14H22N2O8/c17-11(18)5-15(6-12(19)20)9-1-2-10(4-3-9)16(7-13(21)22)8-14(23)24/h9-10H,1-8H2,(H,17,18)(H,19,20)(H,21,22)(H,23,24). The van der Waals surface area contributed by atoms with Crippen LogP contribution in [0.3, 0.4) is 0 Å². The van der Waals surface area contributed by atoms with Crippen molar-refractivity contribution in [3.63, 3.8) is 0 Å². The van der Waals surface area contributed by atoms with Crippen LogP contribution in [0.15, 0.2) is 0 Å². The molecule has 136 valence electrons. The van der Waals surface area contributed by atoms with Gasteiger partial charge in [-0.3, -0.25) is 29.0 Å². The molecule has 0 spiro atoms. The van der Waals surface area contributed by atoms with E-state index in [0.717, 1.165) is 0 Å². The van der Waals surface area contributed by atoms with Gasteiger partial charge in [-0.25, -0.2) is 0 Å². The Kier molecular flexibility index (Phi) is 7.59. The summed E-state index contributed by atoms with van der Waals surface area (Å²) in [5, 5.41) is 35.6. The highest BCUT2D eigenvalue weighted by molar-refractivity contribution is 5.73. The van der Waals surface area contributed by atoms with E-state index >= 15 is 0 Å². The highest BCUT2D eigenvalue weighted by atomic mass is 16.4. The van der Waals surface area contributed by atoms with Gasteiger partial charge >= 0.3 is 23.9 Å². The van der Waals surface area contributed by atoms with E-state index in [2.05, 4.69) is 0 Å². The molecule has 0 amide bonds. The van der Waals surface area contributed by atoms with Crippen molar-refractivity contribution in [1.29, 1.82) is 0 Å². The number of carbonyl (C=O) groups is 4. The van der Waals surface area contributed by atoms with Gasteiger partial charge in [0.1, 0.15) is 0 Å². The highest BCUT2D eigenvalue weighted by Gasteiger charge is 2.32. The van der Waals surface area contributed by atoms with Crippen LogP contribution in [0.1, 0.15) is 25.7 Å². The van der Waals surface area contributed by atoms with E-state index in [9.17, 15) is 19.2 Å². The van der Waals surface area contributed by atoms with Crippen molar-refractivity contribution >= 4 is 23.9 Å². The molecule has 24 heavy (non-hydrogen) atoms. The molecule has 0 aromatic rings. The van der Waals surface area contributed by atoms with Gasteiger partial charge in [-0.1, -0.05) is 0 Å². The van der Waals surface area contributed by atoms with E-state index < -0.39 is 23.9 Å². The first-order chi connectivity index (χ1) is 11.2. The van der Waals surface area contributed by atoms with Crippen LogP contribution in [0, 0.1) is 0 Å². The minimum atomic E-state index is -1.11. The SMILES string of the molecule is O=C(O)CN(CC(=O)O)C1CCC(N(CC(=O)O)CC(=O)O)CC1. The van der Waals surface area contributed by atoms with Gasteiger partial charge in [0.2, 0.25) is 0 Å². The Bertz CT molecular complexity index is 411. The Balaban J connectivity index is 2.66. The number of rotatable bonds is 10. The molecule has 0 saturated heterocycles. The Hall–Kier alpha value is -2.20. The summed E-state index contributed by atoms with van der Waals surface area (Å²) in [6.45, 7) is -1.52. The number of hydrogen-bond acceptors (Lipinski definition) is 6. The van der Waals surface area contributed by atoms with Crippen molar-refractivity contribution in [2.24, 2.45) is 0 Å². The van der Waals surface area contributed by atoms with Crippen LogP contribution in [-0.4, -0.2) is 92.4 Å². The predicted octanol–water partition coefficient (Wildman–Crippen LogP) is -0.760. The van der Waals surface area contributed by atoms with E-state index in [1.807, 2.05) is 0 Å². The van der Waals surface area contributed by atoms with Gasteiger partial charge in [0.25, 0.3) is 0 Å². The van der Waals surface area contributed by atoms with Crippen LogP contribution in [0.5, 0.6) is 0 Å². The molecule has 1 aliphatic rings. The van der Waals surface area contributed by atoms with E-state index in [-0.39, 0.29) is 38.3 Å². The molecule has 0 aromatic heterocycles. The van der Waals surface area contributed by atoms with Crippen molar-refractivity contribution in [1.82, 2.24) is 9.80 Å². The third-order valence-corrected chi connectivity index (χ3v) is 4.05. The van der Waals surface area contributed by atoms with Crippen LogP contribution in [0.4, 0.5) is 0 Å². The lowest BCUT2D eigenvalue weighted by Gasteiger charge is -2.39. The molecule has 0 bridgehead atoms. The molecule has 1 saturated carbocycles. The number of aliphatic carboxylic acids is 4. The molecular formula is C14H22N2O8. The first-order valence-electron chi connectivity index (χ1n) is 7.54. The van der Waals surface area contributed by atoms with Crippen LogP contribution < -0.4 is 0 Å². The summed E-state index contributed by atoms with van der Waals surface area (Å²) in [5.41, 5.74) is 0. The third kappa shape index (κ3) is 6.92. The molecule has 0 unspecified atom stereocenters. The summed E-state index contributed by atoms with van der Waals surface area (Å²) in [7, 11) is 0. The van der Waals surface area contributed by atoms with Crippen LogP contribution in [-0.2, 0) is 19.2 Å². The highest BCUT2D eigenvalue weighted by Crippen LogP contribution is 2.26. The minimum Gasteiger partial charge on any atom is -0.480 e. The van der Waals surface area contributed by atoms with Crippen molar-refractivity contribution < 1.29 is 39.6 Å². The molecule has 0 radical (unpaired) electrons. The zero-order chi connectivity index (χ0) is 18.3. The lowest BCUT2D eigenvalue weighted by atomic mass is 9.89. The summed E-state index contributed by atoms with van der Waals surface area (Å²) in [6, 6.07) is -0.463. The number of nitrogens with zero attached hydrogens (tertiary/aromatic N) is 2. The van der Waals surface area contributed by atoms with E-state index in [1.54, 1.807) is 0 Å². The molecule has 0 atom stereocenters. The van der Waals surface area contributed by atoms with Crippen molar-refractivity contribution in [3.05, 3.63) is 0 Å². The Labute approximate surface area is 138 Å². The Morgan fingerprint density at radius 3 is 0.958 bits per heavy atom. The largest absolute Gasteiger partial charge is 0.480 e. The molecule has 0 heterocycles. The van der Waals surface area contributed by atoms with Gasteiger partial charge in [-0.2, -0.15) is 0 Å². The second kappa shape index (κ2) is 9.18. The summed E-state index contributed by atoms with van der Waals surface area (Å²) < 4.78 is 0. The Morgan fingerprint density at radius 1 is 0.583 bits per heavy atom. The average Bonchev–Trinajstić information content (AvgIpc) is 2.44. The molecular weight excluding hydrogens is 324 g/mol. The molecule has 1 fully saturated rings. The monoisotopic (exact) mass is 346 g/mol. The van der Waals surface area contributed by atoms with Crippen molar-refractivity contribution in [2.45, 2.75) is 37.8 Å². The molecule has 0 aliphatic heterocycles. The summed E-state index contributed by atoms with van der Waals surface area (Å²) in [4.78, 5) is 46.3. The zero-order valence-corrected chi connectivity index (χ0v) is 13.1. The van der Waals surface area contributed by atoms with Crippen LogP contribution >= 0.6 is 0 Å². The fourth-order valence-electron chi connectivity index (χ4n) is 3.11.